The topological polar surface area (TPSA) is 63.4 Å². The Bertz CT molecular complexity index is 493. The van der Waals surface area contributed by atoms with Gasteiger partial charge in [0.25, 0.3) is 10.0 Å². The van der Waals surface area contributed by atoms with Crippen molar-refractivity contribution in [3.63, 3.8) is 0 Å². The largest absolute Gasteiger partial charge is 0.330 e. The van der Waals surface area contributed by atoms with Crippen molar-refractivity contribution >= 4 is 37.3 Å². The van der Waals surface area contributed by atoms with E-state index in [2.05, 4.69) is 15.9 Å². The average molecular weight is 339 g/mol. The number of rotatable bonds is 3. The fraction of sp³-hybridized carbons (Fsp3) is 0.600. The molecular formula is C10H15BrN2O2S2. The number of halogens is 1. The van der Waals surface area contributed by atoms with Gasteiger partial charge in [0, 0.05) is 13.1 Å². The number of sulfonamides is 1. The lowest BCUT2D eigenvalue weighted by molar-refractivity contribution is 0.460. The number of nitrogens with zero attached hydrogens (tertiary/aromatic N) is 1. The molecule has 1 fully saturated rings. The van der Waals surface area contributed by atoms with Crippen LogP contribution < -0.4 is 5.73 Å². The third-order valence-corrected chi connectivity index (χ3v) is 7.46. The standard InChI is InChI=1S/C10H15BrN2O2S2/c1-7-4-9(16-10(7)11)17(14,15)13-3-2-8(5-12)6-13/h4,8H,2-3,5-6,12H2,1H3. The van der Waals surface area contributed by atoms with Crippen molar-refractivity contribution in [3.05, 3.63) is 15.4 Å². The van der Waals surface area contributed by atoms with E-state index in [1.165, 1.54) is 11.3 Å². The molecular weight excluding hydrogens is 324 g/mol. The van der Waals surface area contributed by atoms with Gasteiger partial charge < -0.3 is 5.73 Å². The molecule has 96 valence electrons. The summed E-state index contributed by atoms with van der Waals surface area (Å²) in [5, 5.41) is 0. The van der Waals surface area contributed by atoms with Gasteiger partial charge in [0.05, 0.1) is 3.79 Å². The zero-order valence-electron chi connectivity index (χ0n) is 9.52. The molecule has 0 amide bonds. The molecule has 0 aromatic carbocycles. The maximum Gasteiger partial charge on any atom is 0.252 e. The highest BCUT2D eigenvalue weighted by Crippen LogP contribution is 2.33. The molecule has 0 bridgehead atoms. The van der Waals surface area contributed by atoms with Crippen molar-refractivity contribution in [1.82, 2.24) is 4.31 Å². The first kappa shape index (κ1) is 13.5. The molecule has 7 heteroatoms. The summed E-state index contributed by atoms with van der Waals surface area (Å²) < 4.78 is 27.5. The molecule has 2 heterocycles. The fourth-order valence-corrected chi connectivity index (χ4v) is 5.81. The number of hydrogen-bond donors (Lipinski definition) is 1. The van der Waals surface area contributed by atoms with Crippen molar-refractivity contribution in [2.75, 3.05) is 19.6 Å². The molecule has 0 aliphatic carbocycles. The molecule has 17 heavy (non-hydrogen) atoms. The predicted octanol–water partition coefficient (Wildman–Crippen LogP) is 1.79. The molecule has 0 radical (unpaired) electrons. The summed E-state index contributed by atoms with van der Waals surface area (Å²) in [4.78, 5) is 0. The fourth-order valence-electron chi connectivity index (χ4n) is 1.89. The van der Waals surface area contributed by atoms with Crippen LogP contribution in [0.15, 0.2) is 14.1 Å². The maximum atomic E-state index is 12.3. The van der Waals surface area contributed by atoms with Crippen LogP contribution in [0.25, 0.3) is 0 Å². The lowest BCUT2D eigenvalue weighted by Crippen LogP contribution is -2.29. The normalized spacial score (nSPS) is 22.2. The van der Waals surface area contributed by atoms with Crippen LogP contribution in [-0.2, 0) is 10.0 Å². The average Bonchev–Trinajstić information content (AvgIpc) is 2.87. The number of aryl methyl sites for hydroxylation is 1. The van der Waals surface area contributed by atoms with E-state index >= 15 is 0 Å². The van der Waals surface area contributed by atoms with Crippen LogP contribution >= 0.6 is 27.3 Å². The second-order valence-corrected chi connectivity index (χ2v) is 8.81. The molecule has 1 unspecified atom stereocenters. The van der Waals surface area contributed by atoms with Gasteiger partial charge in [-0.2, -0.15) is 4.31 Å². The third kappa shape index (κ3) is 2.58. The van der Waals surface area contributed by atoms with Crippen LogP contribution in [0.3, 0.4) is 0 Å². The number of hydrogen-bond acceptors (Lipinski definition) is 4. The van der Waals surface area contributed by atoms with Gasteiger partial charge in [-0.1, -0.05) is 0 Å². The minimum atomic E-state index is -3.32. The second kappa shape index (κ2) is 4.97. The van der Waals surface area contributed by atoms with E-state index in [0.29, 0.717) is 29.8 Å². The molecule has 1 aromatic heterocycles. The van der Waals surface area contributed by atoms with Crippen LogP contribution in [-0.4, -0.2) is 32.4 Å². The van der Waals surface area contributed by atoms with Crippen molar-refractivity contribution in [2.45, 2.75) is 17.6 Å². The molecule has 1 aliphatic rings. The van der Waals surface area contributed by atoms with Gasteiger partial charge in [-0.3, -0.25) is 0 Å². The van der Waals surface area contributed by atoms with Gasteiger partial charge in [0.2, 0.25) is 0 Å². The minimum absolute atomic E-state index is 0.300. The molecule has 1 atom stereocenters. The zero-order chi connectivity index (χ0) is 12.6. The van der Waals surface area contributed by atoms with E-state index in [4.69, 9.17) is 5.73 Å². The summed E-state index contributed by atoms with van der Waals surface area (Å²) in [6, 6.07) is 1.72. The maximum absolute atomic E-state index is 12.3. The summed E-state index contributed by atoms with van der Waals surface area (Å²) in [6.45, 7) is 3.58. The lowest BCUT2D eigenvalue weighted by atomic mass is 10.1. The van der Waals surface area contributed by atoms with Gasteiger partial charge in [-0.15, -0.1) is 11.3 Å². The second-order valence-electron chi connectivity index (χ2n) is 4.28. The Balaban J connectivity index is 2.25. The quantitative estimate of drug-likeness (QED) is 0.913. The van der Waals surface area contributed by atoms with Crippen molar-refractivity contribution in [2.24, 2.45) is 11.7 Å². The van der Waals surface area contributed by atoms with E-state index in [-0.39, 0.29) is 0 Å². The van der Waals surface area contributed by atoms with Crippen molar-refractivity contribution in [1.29, 1.82) is 0 Å². The van der Waals surface area contributed by atoms with Gasteiger partial charge in [0.1, 0.15) is 4.21 Å². The number of thiophene rings is 1. The van der Waals surface area contributed by atoms with Crippen LogP contribution in [0.2, 0.25) is 0 Å². The summed E-state index contributed by atoms with van der Waals surface area (Å²) in [5.74, 6) is 0.300. The lowest BCUT2D eigenvalue weighted by Gasteiger charge is -2.14. The van der Waals surface area contributed by atoms with Crippen LogP contribution in [0.4, 0.5) is 0 Å². The molecule has 0 saturated carbocycles. The monoisotopic (exact) mass is 338 g/mol. The highest BCUT2D eigenvalue weighted by Gasteiger charge is 2.33. The Morgan fingerprint density at radius 2 is 2.35 bits per heavy atom. The van der Waals surface area contributed by atoms with Crippen LogP contribution in [0.5, 0.6) is 0 Å². The molecule has 2 rings (SSSR count). The van der Waals surface area contributed by atoms with Gasteiger partial charge >= 0.3 is 0 Å². The predicted molar refractivity (Wildman–Crippen MR) is 72.7 cm³/mol. The smallest absolute Gasteiger partial charge is 0.252 e. The van der Waals surface area contributed by atoms with E-state index in [1.54, 1.807) is 10.4 Å². The summed E-state index contributed by atoms with van der Waals surface area (Å²) in [6.07, 6.45) is 0.862. The SMILES string of the molecule is Cc1cc(S(=O)(=O)N2CCC(CN)C2)sc1Br. The molecule has 1 aromatic rings. The summed E-state index contributed by atoms with van der Waals surface area (Å²) >= 11 is 4.63. The van der Waals surface area contributed by atoms with Gasteiger partial charge in [0.15, 0.2) is 0 Å². The van der Waals surface area contributed by atoms with Crippen molar-refractivity contribution < 1.29 is 8.42 Å². The third-order valence-electron chi connectivity index (χ3n) is 3.01. The van der Waals surface area contributed by atoms with E-state index in [1.807, 2.05) is 6.92 Å². The molecule has 1 aliphatic heterocycles. The number of nitrogens with two attached hydrogens (primary N) is 1. The molecule has 2 N–H and O–H groups in total. The first-order valence-electron chi connectivity index (χ1n) is 5.41. The Hall–Kier alpha value is 0.0500. The summed E-state index contributed by atoms with van der Waals surface area (Å²) in [7, 11) is -3.32. The van der Waals surface area contributed by atoms with Gasteiger partial charge in [-0.25, -0.2) is 8.42 Å². The Morgan fingerprint density at radius 1 is 1.65 bits per heavy atom. The summed E-state index contributed by atoms with van der Waals surface area (Å²) in [5.41, 5.74) is 6.54. The van der Waals surface area contributed by atoms with Gasteiger partial charge in [-0.05, 0) is 53.4 Å². The molecule has 4 nitrogen and oxygen atoms in total. The highest BCUT2D eigenvalue weighted by atomic mass is 79.9. The van der Waals surface area contributed by atoms with Crippen LogP contribution in [0.1, 0.15) is 12.0 Å². The zero-order valence-corrected chi connectivity index (χ0v) is 12.7. The molecule has 1 saturated heterocycles. The van der Waals surface area contributed by atoms with E-state index < -0.39 is 10.0 Å². The van der Waals surface area contributed by atoms with Crippen LogP contribution in [0, 0.1) is 12.8 Å². The first-order chi connectivity index (χ1) is 7.95. The van der Waals surface area contributed by atoms with E-state index in [0.717, 1.165) is 15.8 Å². The Morgan fingerprint density at radius 3 is 2.82 bits per heavy atom. The highest BCUT2D eigenvalue weighted by molar-refractivity contribution is 9.11. The first-order valence-corrected chi connectivity index (χ1v) is 8.46. The van der Waals surface area contributed by atoms with Crippen molar-refractivity contribution in [3.8, 4) is 0 Å². The van der Waals surface area contributed by atoms with E-state index in [9.17, 15) is 8.42 Å². The Labute approximate surface area is 114 Å². The Kier molecular flexibility index (Phi) is 3.94. The minimum Gasteiger partial charge on any atom is -0.330 e. The molecule has 0 spiro atoms.